The summed E-state index contributed by atoms with van der Waals surface area (Å²) >= 11 is 0. The van der Waals surface area contributed by atoms with Crippen molar-refractivity contribution in [3.05, 3.63) is 0 Å². The van der Waals surface area contributed by atoms with Crippen molar-refractivity contribution in [3.8, 4) is 0 Å². The molecule has 0 amide bonds. The summed E-state index contributed by atoms with van der Waals surface area (Å²) < 4.78 is 0. The average Bonchev–Trinajstić information content (AvgIpc) is 2.37. The van der Waals surface area contributed by atoms with Crippen molar-refractivity contribution in [3.63, 3.8) is 0 Å². The first-order chi connectivity index (χ1) is 7.69. The third-order valence-corrected chi connectivity index (χ3v) is 11.5. The maximum absolute atomic E-state index is 2.46. The molecule has 0 spiro atoms. The first-order valence-corrected chi connectivity index (χ1v) is 10.5. The molecule has 16 heavy (non-hydrogen) atoms. The quantitative estimate of drug-likeness (QED) is 0.576. The Morgan fingerprint density at radius 2 is 1.19 bits per heavy atom. The first-order valence-electron chi connectivity index (χ1n) is 7.69. The number of rotatable bonds is 6. The molecule has 1 heteroatoms. The topological polar surface area (TPSA) is 0 Å². The van der Waals surface area contributed by atoms with Crippen molar-refractivity contribution < 1.29 is 0 Å². The van der Waals surface area contributed by atoms with Crippen molar-refractivity contribution in [2.45, 2.75) is 59.8 Å². The Kier molecular flexibility index (Phi) is 6.34. The molecule has 0 bridgehead atoms. The minimum absolute atomic E-state index is 0.837. The zero-order chi connectivity index (χ0) is 12.0. The molecule has 1 aliphatic rings. The second-order valence-corrected chi connectivity index (χ2v) is 11.6. The van der Waals surface area contributed by atoms with Gasteiger partial charge in [-0.1, -0.05) is 0 Å². The van der Waals surface area contributed by atoms with Gasteiger partial charge in [-0.2, -0.15) is 0 Å². The molecule has 1 rings (SSSR count). The summed E-state index contributed by atoms with van der Waals surface area (Å²) in [7, 11) is -0.837. The second kappa shape index (κ2) is 7.00. The van der Waals surface area contributed by atoms with Crippen molar-refractivity contribution in [1.29, 1.82) is 0 Å². The fourth-order valence-electron chi connectivity index (χ4n) is 3.64. The molecule has 0 N–H and O–H groups in total. The van der Waals surface area contributed by atoms with Crippen molar-refractivity contribution >= 4 is 7.26 Å². The van der Waals surface area contributed by atoms with Crippen LogP contribution in [0.25, 0.3) is 0 Å². The van der Waals surface area contributed by atoms with Crippen LogP contribution in [0.15, 0.2) is 0 Å². The molecule has 98 valence electrons. The Hall–Kier alpha value is 0.430. The van der Waals surface area contributed by atoms with Crippen LogP contribution in [0.2, 0.25) is 0 Å². The van der Waals surface area contributed by atoms with Gasteiger partial charge in [-0.3, -0.25) is 0 Å². The molecule has 0 heterocycles. The van der Waals surface area contributed by atoms with Gasteiger partial charge in [-0.25, -0.2) is 0 Å². The third-order valence-electron chi connectivity index (χ3n) is 5.52. The summed E-state index contributed by atoms with van der Waals surface area (Å²) in [5.74, 6) is 2.17. The maximum atomic E-state index is 2.46. The molecule has 0 aromatic rings. The second-order valence-electron chi connectivity index (χ2n) is 6.06. The van der Waals surface area contributed by atoms with E-state index in [1.165, 1.54) is 37.7 Å². The van der Waals surface area contributed by atoms with E-state index in [9.17, 15) is 0 Å². The molecular formula is C15H33P. The number of hydrogen-bond donors (Lipinski definition) is 0. The van der Waals surface area contributed by atoms with E-state index in [4.69, 9.17) is 0 Å². The zero-order valence-corrected chi connectivity index (χ0v) is 13.0. The van der Waals surface area contributed by atoms with Crippen LogP contribution in [0.4, 0.5) is 0 Å². The predicted octanol–water partition coefficient (Wildman–Crippen LogP) is 5.01. The Balaban J connectivity index is 2.42. The van der Waals surface area contributed by atoms with E-state index in [2.05, 4.69) is 27.7 Å². The van der Waals surface area contributed by atoms with Crippen molar-refractivity contribution in [2.75, 3.05) is 24.6 Å². The molecule has 0 aromatic heterocycles. The van der Waals surface area contributed by atoms with Crippen LogP contribution in [0.3, 0.4) is 0 Å². The molecule has 1 fully saturated rings. The summed E-state index contributed by atoms with van der Waals surface area (Å²) in [4.78, 5) is 0. The summed E-state index contributed by atoms with van der Waals surface area (Å²) in [6, 6.07) is 0. The van der Waals surface area contributed by atoms with Gasteiger partial charge in [0.25, 0.3) is 0 Å². The minimum atomic E-state index is -0.837. The van der Waals surface area contributed by atoms with Gasteiger partial charge in [-0.15, -0.1) is 0 Å². The fourth-order valence-corrected chi connectivity index (χ4v) is 7.64. The molecule has 0 atom stereocenters. The van der Waals surface area contributed by atoms with E-state index < -0.39 is 7.26 Å². The number of hydrogen-bond acceptors (Lipinski definition) is 0. The summed E-state index contributed by atoms with van der Waals surface area (Å²) in [5.41, 5.74) is 0. The van der Waals surface area contributed by atoms with Gasteiger partial charge >= 0.3 is 104 Å². The van der Waals surface area contributed by atoms with Gasteiger partial charge in [0.15, 0.2) is 0 Å². The van der Waals surface area contributed by atoms with E-state index in [0.717, 1.165) is 11.8 Å². The molecule has 0 radical (unpaired) electrons. The van der Waals surface area contributed by atoms with Gasteiger partial charge in [0.05, 0.1) is 0 Å². The molecule has 1 aliphatic carbocycles. The normalized spacial score (nSPS) is 28.0. The fraction of sp³-hybridized carbons (Fsp3) is 1.00. The van der Waals surface area contributed by atoms with Crippen molar-refractivity contribution in [1.82, 2.24) is 0 Å². The zero-order valence-electron chi connectivity index (χ0n) is 12.0. The monoisotopic (exact) mass is 244 g/mol. The Morgan fingerprint density at radius 1 is 0.750 bits per heavy atom. The molecule has 0 aliphatic heterocycles. The van der Waals surface area contributed by atoms with Crippen LogP contribution >= 0.6 is 7.26 Å². The van der Waals surface area contributed by atoms with Gasteiger partial charge < -0.3 is 0 Å². The van der Waals surface area contributed by atoms with Crippen molar-refractivity contribution in [2.24, 2.45) is 11.8 Å². The molecule has 0 nitrogen and oxygen atoms in total. The van der Waals surface area contributed by atoms with Gasteiger partial charge in [0, 0.05) is 0 Å². The summed E-state index contributed by atoms with van der Waals surface area (Å²) in [6.07, 6.45) is 13.8. The van der Waals surface area contributed by atoms with Crippen LogP contribution in [0.1, 0.15) is 59.8 Å². The molecule has 1 saturated carbocycles. The van der Waals surface area contributed by atoms with Crippen LogP contribution in [0.5, 0.6) is 0 Å². The van der Waals surface area contributed by atoms with Crippen LogP contribution < -0.4 is 0 Å². The predicted molar refractivity (Wildman–Crippen MR) is 80.5 cm³/mol. The molecule has 0 saturated heterocycles. The van der Waals surface area contributed by atoms with E-state index >= 15 is 0 Å². The van der Waals surface area contributed by atoms with Gasteiger partial charge in [-0.05, 0) is 0 Å². The van der Waals surface area contributed by atoms with E-state index in [1.54, 1.807) is 19.0 Å². The molecular weight excluding hydrogens is 211 g/mol. The Morgan fingerprint density at radius 3 is 1.56 bits per heavy atom. The van der Waals surface area contributed by atoms with Crippen LogP contribution in [-0.2, 0) is 0 Å². The first kappa shape index (κ1) is 14.5. The summed E-state index contributed by atoms with van der Waals surface area (Å²) in [6.45, 7) is 9.73. The summed E-state index contributed by atoms with van der Waals surface area (Å²) in [5, 5.41) is 0. The van der Waals surface area contributed by atoms with Crippen LogP contribution in [-0.4, -0.2) is 24.6 Å². The van der Waals surface area contributed by atoms with E-state index in [-0.39, 0.29) is 0 Å². The van der Waals surface area contributed by atoms with Gasteiger partial charge in [0.2, 0.25) is 0 Å². The van der Waals surface area contributed by atoms with E-state index in [1.807, 2.05) is 0 Å². The standard InChI is InChI=1S/C15H33P/c1-5-14-9-11-15(12-10-14)13-16(6-2,7-3)8-4/h14-16H,5-13H2,1-4H3. The molecule has 0 unspecified atom stereocenters. The third kappa shape index (κ3) is 3.73. The Labute approximate surface area is 104 Å². The van der Waals surface area contributed by atoms with Gasteiger partial charge in [0.1, 0.15) is 0 Å². The molecule has 0 aromatic carbocycles. The van der Waals surface area contributed by atoms with E-state index in [0.29, 0.717) is 0 Å². The van der Waals surface area contributed by atoms with Crippen LogP contribution in [0, 0.1) is 11.8 Å². The average molecular weight is 244 g/mol. The SMILES string of the molecule is CCC1CCC(C[PH](CC)(CC)CC)CC1. The Bertz CT molecular complexity index is 168.